The molecule has 2 N–H and O–H groups in total. The van der Waals surface area contributed by atoms with E-state index in [4.69, 9.17) is 5.11 Å². The zero-order valence-electron chi connectivity index (χ0n) is 10.4. The number of hydrogen-bond acceptors (Lipinski definition) is 4. The third-order valence-electron chi connectivity index (χ3n) is 2.55. The predicted octanol–water partition coefficient (Wildman–Crippen LogP) is 0.191. The van der Waals surface area contributed by atoms with Gasteiger partial charge in [0.15, 0.2) is 15.1 Å². The Morgan fingerprint density at radius 1 is 1.26 bits per heavy atom. The molecule has 1 unspecified atom stereocenters. The Morgan fingerprint density at radius 3 is 2.37 bits per heavy atom. The molecule has 0 aromatic heterocycles. The number of nitrogens with one attached hydrogen (secondary N) is 1. The summed E-state index contributed by atoms with van der Waals surface area (Å²) in [6, 6.07) is 8.99. The number of hydrogen-bond donors (Lipinski definition) is 2. The summed E-state index contributed by atoms with van der Waals surface area (Å²) in [7, 11) is -3.97. The molecule has 1 aromatic rings. The number of amides is 1. The van der Waals surface area contributed by atoms with E-state index in [-0.39, 0.29) is 6.54 Å². The van der Waals surface area contributed by atoms with Crippen LogP contribution in [-0.2, 0) is 26.0 Å². The van der Waals surface area contributed by atoms with Gasteiger partial charge in [-0.3, -0.25) is 9.59 Å². The quantitative estimate of drug-likeness (QED) is 0.777. The fourth-order valence-corrected chi connectivity index (χ4v) is 2.33. The zero-order chi connectivity index (χ0) is 14.5. The average molecular weight is 285 g/mol. The van der Waals surface area contributed by atoms with Gasteiger partial charge in [-0.25, -0.2) is 8.42 Å². The monoisotopic (exact) mass is 285 g/mol. The van der Waals surface area contributed by atoms with E-state index in [1.54, 1.807) is 24.3 Å². The topological polar surface area (TPSA) is 101 Å². The Morgan fingerprint density at radius 2 is 1.84 bits per heavy atom. The van der Waals surface area contributed by atoms with E-state index < -0.39 is 32.7 Å². The molecule has 19 heavy (non-hydrogen) atoms. The average Bonchev–Trinajstić information content (AvgIpc) is 2.36. The van der Waals surface area contributed by atoms with Crippen LogP contribution in [0.2, 0.25) is 0 Å². The Hall–Kier alpha value is -1.89. The van der Waals surface area contributed by atoms with Crippen LogP contribution < -0.4 is 5.32 Å². The van der Waals surface area contributed by atoms with Crippen LogP contribution in [0.5, 0.6) is 0 Å². The molecular formula is C12H15NO5S. The Balaban J connectivity index is 2.54. The minimum Gasteiger partial charge on any atom is -0.480 e. The lowest BCUT2D eigenvalue weighted by Crippen LogP contribution is -2.36. The molecule has 1 amide bonds. The molecule has 1 rings (SSSR count). The van der Waals surface area contributed by atoms with E-state index in [2.05, 4.69) is 5.32 Å². The van der Waals surface area contributed by atoms with Gasteiger partial charge in [-0.1, -0.05) is 30.3 Å². The predicted molar refractivity (Wildman–Crippen MR) is 69.2 cm³/mol. The summed E-state index contributed by atoms with van der Waals surface area (Å²) in [5, 5.41) is 9.48. The Labute approximate surface area is 111 Å². The van der Waals surface area contributed by atoms with Crippen molar-refractivity contribution in [1.29, 1.82) is 0 Å². The molecule has 0 heterocycles. The first-order valence-electron chi connectivity index (χ1n) is 5.58. The van der Waals surface area contributed by atoms with Crippen LogP contribution in [0.25, 0.3) is 0 Å². The van der Waals surface area contributed by atoms with E-state index in [9.17, 15) is 18.0 Å². The third-order valence-corrected chi connectivity index (χ3v) is 4.49. The molecule has 0 spiro atoms. The normalized spacial score (nSPS) is 12.7. The smallest absolute Gasteiger partial charge is 0.321 e. The molecule has 1 aromatic carbocycles. The lowest BCUT2D eigenvalue weighted by Gasteiger charge is -2.09. The van der Waals surface area contributed by atoms with Crippen molar-refractivity contribution >= 4 is 21.7 Å². The van der Waals surface area contributed by atoms with Crippen LogP contribution in [0.15, 0.2) is 30.3 Å². The number of aliphatic carboxylic acids is 1. The highest BCUT2D eigenvalue weighted by Gasteiger charge is 2.29. The van der Waals surface area contributed by atoms with Gasteiger partial charge in [-0.05, 0) is 12.5 Å². The molecule has 0 bridgehead atoms. The van der Waals surface area contributed by atoms with Crippen molar-refractivity contribution in [2.45, 2.75) is 18.7 Å². The first kappa shape index (κ1) is 15.2. The van der Waals surface area contributed by atoms with Crippen molar-refractivity contribution in [3.63, 3.8) is 0 Å². The maximum absolute atomic E-state index is 11.6. The first-order chi connectivity index (χ1) is 8.83. The number of carbonyl (C=O) groups excluding carboxylic acids is 1. The number of rotatable bonds is 6. The van der Waals surface area contributed by atoms with E-state index >= 15 is 0 Å². The summed E-state index contributed by atoms with van der Waals surface area (Å²) in [6.07, 6.45) is 0. The van der Waals surface area contributed by atoms with Gasteiger partial charge in [-0.15, -0.1) is 0 Å². The molecule has 104 valence electrons. The van der Waals surface area contributed by atoms with Crippen LogP contribution in [0, 0.1) is 0 Å². The molecule has 0 aliphatic carbocycles. The number of carboxylic acids is 1. The lowest BCUT2D eigenvalue weighted by molar-refractivity contribution is -0.136. The standard InChI is InChI=1S/C12H15NO5S/c1-9(12(15)16)19(17,18)8-11(14)13-7-10-5-3-2-4-6-10/h2-6,9H,7-8H2,1H3,(H,13,14)(H,15,16). The van der Waals surface area contributed by atoms with Gasteiger partial charge in [-0.2, -0.15) is 0 Å². The highest BCUT2D eigenvalue weighted by atomic mass is 32.2. The van der Waals surface area contributed by atoms with Crippen LogP contribution in [0.4, 0.5) is 0 Å². The van der Waals surface area contributed by atoms with Gasteiger partial charge in [0.2, 0.25) is 5.91 Å². The van der Waals surface area contributed by atoms with Crippen LogP contribution in [-0.4, -0.2) is 36.4 Å². The van der Waals surface area contributed by atoms with Crippen LogP contribution in [0.3, 0.4) is 0 Å². The van der Waals surface area contributed by atoms with Crippen molar-refractivity contribution in [3.8, 4) is 0 Å². The van der Waals surface area contributed by atoms with Gasteiger partial charge in [0.1, 0.15) is 5.75 Å². The van der Waals surface area contributed by atoms with E-state index in [0.717, 1.165) is 12.5 Å². The summed E-state index contributed by atoms with van der Waals surface area (Å²) in [5.74, 6) is -3.00. The Kier molecular flexibility index (Phi) is 5.05. The molecule has 0 aliphatic rings. The van der Waals surface area contributed by atoms with Gasteiger partial charge in [0.25, 0.3) is 0 Å². The number of carbonyl (C=O) groups is 2. The largest absolute Gasteiger partial charge is 0.480 e. The molecule has 0 radical (unpaired) electrons. The van der Waals surface area contributed by atoms with Gasteiger partial charge < -0.3 is 10.4 Å². The van der Waals surface area contributed by atoms with E-state index in [1.165, 1.54) is 0 Å². The van der Waals surface area contributed by atoms with Crippen molar-refractivity contribution in [3.05, 3.63) is 35.9 Å². The second kappa shape index (κ2) is 6.33. The molecule has 7 heteroatoms. The van der Waals surface area contributed by atoms with Gasteiger partial charge >= 0.3 is 5.97 Å². The van der Waals surface area contributed by atoms with Gasteiger partial charge in [0, 0.05) is 6.54 Å². The summed E-state index contributed by atoms with van der Waals surface area (Å²) in [6.45, 7) is 1.25. The molecule has 0 saturated carbocycles. The SMILES string of the molecule is CC(C(=O)O)S(=O)(=O)CC(=O)NCc1ccccc1. The van der Waals surface area contributed by atoms with Crippen molar-refractivity contribution in [2.24, 2.45) is 0 Å². The zero-order valence-corrected chi connectivity index (χ0v) is 11.2. The van der Waals surface area contributed by atoms with E-state index in [1.807, 2.05) is 6.07 Å². The third kappa shape index (κ3) is 4.70. The molecule has 0 fully saturated rings. The van der Waals surface area contributed by atoms with Crippen molar-refractivity contribution in [1.82, 2.24) is 5.32 Å². The number of benzene rings is 1. The van der Waals surface area contributed by atoms with Crippen LogP contribution >= 0.6 is 0 Å². The van der Waals surface area contributed by atoms with Gasteiger partial charge in [0.05, 0.1) is 0 Å². The summed E-state index contributed by atoms with van der Waals surface area (Å²) in [5.41, 5.74) is 0.833. The summed E-state index contributed by atoms with van der Waals surface area (Å²) >= 11 is 0. The minimum absolute atomic E-state index is 0.205. The number of carboxylic acid groups (broad SMARTS) is 1. The maximum Gasteiger partial charge on any atom is 0.321 e. The molecule has 0 aliphatic heterocycles. The van der Waals surface area contributed by atoms with Crippen molar-refractivity contribution < 1.29 is 23.1 Å². The highest BCUT2D eigenvalue weighted by Crippen LogP contribution is 2.03. The minimum atomic E-state index is -3.97. The molecule has 1 atom stereocenters. The lowest BCUT2D eigenvalue weighted by atomic mass is 10.2. The van der Waals surface area contributed by atoms with E-state index in [0.29, 0.717) is 0 Å². The van der Waals surface area contributed by atoms with Crippen LogP contribution in [0.1, 0.15) is 12.5 Å². The molecular weight excluding hydrogens is 270 g/mol. The fraction of sp³-hybridized carbons (Fsp3) is 0.333. The maximum atomic E-state index is 11.6. The fourth-order valence-electron chi connectivity index (χ4n) is 1.31. The van der Waals surface area contributed by atoms with Crippen molar-refractivity contribution in [2.75, 3.05) is 5.75 Å². The second-order valence-corrected chi connectivity index (χ2v) is 6.37. The second-order valence-electron chi connectivity index (χ2n) is 4.05. The summed E-state index contributed by atoms with van der Waals surface area (Å²) in [4.78, 5) is 22.1. The first-order valence-corrected chi connectivity index (χ1v) is 7.29. The highest BCUT2D eigenvalue weighted by molar-refractivity contribution is 7.93. The molecule has 6 nitrogen and oxygen atoms in total. The molecule has 0 saturated heterocycles. The summed E-state index contributed by atoms with van der Waals surface area (Å²) < 4.78 is 23.1. The number of sulfone groups is 1. The Bertz CT molecular complexity index is 553.